The summed E-state index contributed by atoms with van der Waals surface area (Å²) in [6.07, 6.45) is 7.63. The highest BCUT2D eigenvalue weighted by Gasteiger charge is 2.45. The SMILES string of the molecule is CC1(C)CC(n2c(C(=O)SCc3ccc(Cl)cc3)nc3c(c2=O)C2(CCCCC2)Cc2ccccc2-3)CCO1. The third-order valence-corrected chi connectivity index (χ3v) is 9.93. The summed E-state index contributed by atoms with van der Waals surface area (Å²) in [5, 5.41) is 0.493. The van der Waals surface area contributed by atoms with Crippen molar-refractivity contribution in [1.29, 1.82) is 0 Å². The molecule has 3 aromatic rings. The van der Waals surface area contributed by atoms with E-state index in [0.29, 0.717) is 30.2 Å². The van der Waals surface area contributed by atoms with Gasteiger partial charge in [0, 0.05) is 34.4 Å². The Bertz CT molecular complexity index is 1460. The lowest BCUT2D eigenvalue weighted by molar-refractivity contribution is -0.0699. The van der Waals surface area contributed by atoms with E-state index in [9.17, 15) is 9.59 Å². The lowest BCUT2D eigenvalue weighted by atomic mass is 9.62. The smallest absolute Gasteiger partial charge is 0.258 e. The van der Waals surface area contributed by atoms with Crippen LogP contribution in [0.1, 0.15) is 92.1 Å². The number of benzene rings is 2. The monoisotopic (exact) mass is 562 g/mol. The van der Waals surface area contributed by atoms with Crippen molar-refractivity contribution in [2.75, 3.05) is 6.61 Å². The van der Waals surface area contributed by atoms with Crippen LogP contribution in [0.4, 0.5) is 0 Å². The van der Waals surface area contributed by atoms with Gasteiger partial charge in [0.15, 0.2) is 5.82 Å². The van der Waals surface area contributed by atoms with Gasteiger partial charge in [0.25, 0.3) is 10.7 Å². The van der Waals surface area contributed by atoms with E-state index in [0.717, 1.165) is 54.5 Å². The van der Waals surface area contributed by atoms with Gasteiger partial charge in [0.1, 0.15) is 0 Å². The minimum absolute atomic E-state index is 0.0189. The molecule has 2 fully saturated rings. The van der Waals surface area contributed by atoms with Gasteiger partial charge in [-0.1, -0.05) is 79.0 Å². The van der Waals surface area contributed by atoms with Crippen LogP contribution >= 0.6 is 23.4 Å². The van der Waals surface area contributed by atoms with E-state index in [-0.39, 0.29) is 33.6 Å². The van der Waals surface area contributed by atoms with E-state index < -0.39 is 0 Å². The molecule has 1 spiro atoms. The summed E-state index contributed by atoms with van der Waals surface area (Å²) < 4.78 is 7.77. The number of carbonyl (C=O) groups is 1. The fourth-order valence-corrected chi connectivity index (χ4v) is 7.81. The van der Waals surface area contributed by atoms with Crippen molar-refractivity contribution in [2.24, 2.45) is 0 Å². The second-order valence-electron chi connectivity index (χ2n) is 12.0. The second kappa shape index (κ2) is 10.5. The lowest BCUT2D eigenvalue weighted by Crippen LogP contribution is -2.46. The van der Waals surface area contributed by atoms with E-state index in [1.165, 1.54) is 23.7 Å². The van der Waals surface area contributed by atoms with Gasteiger partial charge in [-0.15, -0.1) is 0 Å². The van der Waals surface area contributed by atoms with Gasteiger partial charge in [-0.25, -0.2) is 4.98 Å². The minimum atomic E-state index is -0.371. The Labute approximate surface area is 239 Å². The molecule has 0 radical (unpaired) electrons. The van der Waals surface area contributed by atoms with Crippen LogP contribution in [0.2, 0.25) is 5.02 Å². The summed E-state index contributed by atoms with van der Waals surface area (Å²) in [6, 6.07) is 15.7. The first-order valence-corrected chi connectivity index (χ1v) is 15.4. The lowest BCUT2D eigenvalue weighted by Gasteiger charge is -2.43. The molecule has 2 aliphatic carbocycles. The highest BCUT2D eigenvalue weighted by atomic mass is 35.5. The number of fused-ring (bicyclic) bond motifs is 4. The number of nitrogens with zero attached hydrogens (tertiary/aromatic N) is 2. The summed E-state index contributed by atoms with van der Waals surface area (Å²) in [5.74, 6) is 0.756. The van der Waals surface area contributed by atoms with Crippen LogP contribution in [0.15, 0.2) is 53.3 Å². The van der Waals surface area contributed by atoms with Crippen LogP contribution in [-0.4, -0.2) is 26.9 Å². The molecule has 0 amide bonds. The molecule has 1 saturated heterocycles. The molecule has 0 N–H and O–H groups in total. The van der Waals surface area contributed by atoms with Crippen molar-refractivity contribution >= 4 is 28.5 Å². The molecule has 1 saturated carbocycles. The highest BCUT2D eigenvalue weighted by molar-refractivity contribution is 8.13. The highest BCUT2D eigenvalue weighted by Crippen LogP contribution is 2.49. The molecule has 3 aliphatic rings. The van der Waals surface area contributed by atoms with Crippen LogP contribution in [0.3, 0.4) is 0 Å². The largest absolute Gasteiger partial charge is 0.375 e. The van der Waals surface area contributed by atoms with Gasteiger partial charge in [0.05, 0.1) is 16.9 Å². The zero-order valence-corrected chi connectivity index (χ0v) is 24.2. The van der Waals surface area contributed by atoms with Crippen molar-refractivity contribution in [1.82, 2.24) is 9.55 Å². The predicted octanol–water partition coefficient (Wildman–Crippen LogP) is 7.53. The van der Waals surface area contributed by atoms with Crippen molar-refractivity contribution in [2.45, 2.75) is 88.0 Å². The molecule has 204 valence electrons. The standard InChI is InChI=1S/C32H35ClN2O3S/c1-31(2)19-24(14-17-38-31)35-28(30(37)39-20-21-10-12-23(33)13-11-21)34-27-25-9-5-4-8-22(25)18-32(26(27)29(35)36)15-6-3-7-16-32/h4-5,8-13,24H,3,6-7,14-20H2,1-2H3. The van der Waals surface area contributed by atoms with Crippen molar-refractivity contribution in [3.8, 4) is 11.3 Å². The van der Waals surface area contributed by atoms with Crippen LogP contribution in [-0.2, 0) is 22.3 Å². The molecule has 2 aromatic carbocycles. The van der Waals surface area contributed by atoms with E-state index >= 15 is 0 Å². The van der Waals surface area contributed by atoms with E-state index in [4.69, 9.17) is 21.3 Å². The summed E-state index contributed by atoms with van der Waals surface area (Å²) in [5.41, 5.74) is 4.19. The first kappa shape index (κ1) is 26.8. The van der Waals surface area contributed by atoms with Gasteiger partial charge >= 0.3 is 0 Å². The van der Waals surface area contributed by atoms with Crippen LogP contribution < -0.4 is 5.56 Å². The molecule has 1 aliphatic heterocycles. The summed E-state index contributed by atoms with van der Waals surface area (Å²) in [7, 11) is 0. The molecule has 1 atom stereocenters. The van der Waals surface area contributed by atoms with Gasteiger partial charge in [0.2, 0.25) is 0 Å². The number of ether oxygens (including phenoxy) is 1. The first-order chi connectivity index (χ1) is 18.8. The van der Waals surface area contributed by atoms with Crippen LogP contribution in [0.5, 0.6) is 0 Å². The third-order valence-electron chi connectivity index (χ3n) is 8.76. The van der Waals surface area contributed by atoms with Crippen molar-refractivity contribution < 1.29 is 9.53 Å². The number of aromatic nitrogens is 2. The zero-order valence-electron chi connectivity index (χ0n) is 22.7. The van der Waals surface area contributed by atoms with E-state index in [1.807, 2.05) is 30.3 Å². The van der Waals surface area contributed by atoms with Crippen molar-refractivity contribution in [3.63, 3.8) is 0 Å². The number of halogens is 1. The molecule has 2 heterocycles. The van der Waals surface area contributed by atoms with Crippen LogP contribution in [0.25, 0.3) is 11.3 Å². The number of hydrogen-bond donors (Lipinski definition) is 0. The molecule has 0 bridgehead atoms. The molecule has 1 unspecified atom stereocenters. The Morgan fingerprint density at radius 2 is 1.85 bits per heavy atom. The Balaban J connectivity index is 1.51. The Hall–Kier alpha value is -2.41. The molecule has 6 rings (SSSR count). The first-order valence-electron chi connectivity index (χ1n) is 14.1. The zero-order chi connectivity index (χ0) is 27.2. The predicted molar refractivity (Wildman–Crippen MR) is 158 cm³/mol. The second-order valence-corrected chi connectivity index (χ2v) is 13.4. The molecule has 7 heteroatoms. The Kier molecular flexibility index (Phi) is 7.23. The number of rotatable bonds is 4. The van der Waals surface area contributed by atoms with Crippen LogP contribution in [0, 0.1) is 0 Å². The average Bonchev–Trinajstić information content (AvgIpc) is 2.92. The molecular weight excluding hydrogens is 528 g/mol. The number of thioether (sulfide) groups is 1. The summed E-state index contributed by atoms with van der Waals surface area (Å²) in [6.45, 7) is 4.68. The normalized spacial score (nSPS) is 21.3. The number of carbonyl (C=O) groups excluding carboxylic acids is 1. The Morgan fingerprint density at radius 1 is 1.10 bits per heavy atom. The van der Waals surface area contributed by atoms with Gasteiger partial charge in [-0.3, -0.25) is 14.2 Å². The third kappa shape index (κ3) is 5.12. The van der Waals surface area contributed by atoms with Gasteiger partial charge in [-0.05, 0) is 69.2 Å². The summed E-state index contributed by atoms with van der Waals surface area (Å²) >= 11 is 7.25. The maximum atomic E-state index is 14.8. The van der Waals surface area contributed by atoms with E-state index in [1.54, 1.807) is 4.57 Å². The Morgan fingerprint density at radius 3 is 2.59 bits per heavy atom. The fraction of sp³-hybridized carbons (Fsp3) is 0.469. The summed E-state index contributed by atoms with van der Waals surface area (Å²) in [4.78, 5) is 33.8. The van der Waals surface area contributed by atoms with E-state index in [2.05, 4.69) is 32.0 Å². The maximum absolute atomic E-state index is 14.8. The topological polar surface area (TPSA) is 61.2 Å². The quantitative estimate of drug-likeness (QED) is 0.329. The molecular formula is C32H35ClN2O3S. The molecule has 39 heavy (non-hydrogen) atoms. The molecule has 5 nitrogen and oxygen atoms in total. The number of hydrogen-bond acceptors (Lipinski definition) is 5. The molecule has 1 aromatic heterocycles. The van der Waals surface area contributed by atoms with Gasteiger partial charge in [-0.2, -0.15) is 0 Å². The average molecular weight is 563 g/mol. The van der Waals surface area contributed by atoms with Gasteiger partial charge < -0.3 is 4.74 Å². The van der Waals surface area contributed by atoms with Crippen molar-refractivity contribution in [3.05, 3.63) is 86.4 Å². The fourth-order valence-electron chi connectivity index (χ4n) is 6.92. The minimum Gasteiger partial charge on any atom is -0.375 e. The maximum Gasteiger partial charge on any atom is 0.258 e.